The average Bonchev–Trinajstić information content (AvgIpc) is 4.41. The molecule has 1 fully saturated rings. The van der Waals surface area contributed by atoms with E-state index >= 15 is 0 Å². The van der Waals surface area contributed by atoms with E-state index in [1.165, 1.54) is 44.5 Å². The fraction of sp³-hybridized carbons (Fsp3) is 0.323. The van der Waals surface area contributed by atoms with Gasteiger partial charge in [-0.3, -0.25) is 0 Å². The van der Waals surface area contributed by atoms with Crippen LogP contribution in [0.25, 0.3) is 22.3 Å². The molecule has 1 aliphatic heterocycles. The molecule has 3 radical (unpaired) electrons. The molecule has 1 saturated heterocycles. The van der Waals surface area contributed by atoms with Gasteiger partial charge in [0.15, 0.2) is 6.29 Å². The molecule has 0 saturated carbocycles. The average molecular weight is 1130 g/mol. The first-order valence-electron chi connectivity index (χ1n) is 27.2. The van der Waals surface area contributed by atoms with E-state index in [0.717, 1.165) is 49.4 Å². The number of methoxy groups -OCH3 is 2. The number of aliphatic hydroxyl groups excluding tert-OH is 3. The van der Waals surface area contributed by atoms with Crippen molar-refractivity contribution in [2.75, 3.05) is 67.0 Å². The molecule has 6 N–H and O–H groups in total. The van der Waals surface area contributed by atoms with Crippen LogP contribution in [0.15, 0.2) is 170 Å². The smallest absolute Gasteiger partial charge is 1.00 e. The second kappa shape index (κ2) is 37.9. The van der Waals surface area contributed by atoms with Crippen molar-refractivity contribution in [1.82, 2.24) is 10.6 Å². The van der Waals surface area contributed by atoms with Gasteiger partial charge in [0.05, 0.1) is 34.0 Å². The van der Waals surface area contributed by atoms with E-state index in [9.17, 15) is 9.59 Å². The summed E-state index contributed by atoms with van der Waals surface area (Å²) in [4.78, 5) is 24.3. The quantitative estimate of drug-likeness (QED) is 0.0333. The third kappa shape index (κ3) is 21.7. The second-order valence-electron chi connectivity index (χ2n) is 18.6. The van der Waals surface area contributed by atoms with Gasteiger partial charge in [-0.1, -0.05) is 135 Å². The Bertz CT molecular complexity index is 2710. The SMILES string of the molecule is CCCCO.COc1cccc(O)c1.COc1cccc(OCCCNC(=O)OCC2c3ccccc3-c3ccccc32)c1.O=C(NCCCOc1cccc(CO)c1)OCC1c2ccccc2-c2ccccc21.OC1CCCO1.[B].[H-].[Na+]. The number of carbonyl (C=O) groups excluding carboxylic acids is 2. The van der Waals surface area contributed by atoms with E-state index in [0.29, 0.717) is 70.5 Å². The summed E-state index contributed by atoms with van der Waals surface area (Å²) >= 11 is 0. The maximum atomic E-state index is 12.1. The number of carbonyl (C=O) groups is 2. The molecule has 1 heterocycles. The van der Waals surface area contributed by atoms with Gasteiger partial charge >= 0.3 is 41.7 Å². The molecule has 2 amide bonds. The molecule has 0 spiro atoms. The summed E-state index contributed by atoms with van der Waals surface area (Å²) in [6.45, 7) is 5.67. The number of ether oxygens (including phenoxy) is 7. The van der Waals surface area contributed by atoms with Gasteiger partial charge in [0.2, 0.25) is 0 Å². The number of phenolic OH excluding ortho intramolecular Hbond substituents is 1. The Balaban J connectivity index is 0.000000318. The minimum atomic E-state index is -0.454. The van der Waals surface area contributed by atoms with Crippen molar-refractivity contribution < 1.29 is 94.2 Å². The summed E-state index contributed by atoms with van der Waals surface area (Å²) in [5.74, 6) is 3.25. The van der Waals surface area contributed by atoms with Gasteiger partial charge in [-0.05, 0) is 112 Å². The zero-order valence-corrected chi connectivity index (χ0v) is 49.5. The molecular weight excluding hydrogens is 1050 g/mol. The molecule has 15 nitrogen and oxygen atoms in total. The van der Waals surface area contributed by atoms with Crippen LogP contribution in [0.3, 0.4) is 0 Å². The van der Waals surface area contributed by atoms with Gasteiger partial charge in [0, 0.05) is 65.1 Å². The van der Waals surface area contributed by atoms with Crippen molar-refractivity contribution >= 4 is 20.6 Å². The largest absolute Gasteiger partial charge is 1.00 e. The summed E-state index contributed by atoms with van der Waals surface area (Å²) in [6.07, 6.45) is 3.94. The fourth-order valence-electron chi connectivity index (χ4n) is 8.96. The van der Waals surface area contributed by atoms with Crippen molar-refractivity contribution in [3.63, 3.8) is 0 Å². The molecule has 17 heteroatoms. The van der Waals surface area contributed by atoms with E-state index in [2.05, 4.69) is 66.1 Å². The number of unbranched alkanes of at least 4 members (excludes halogenated alkanes) is 1. The standard InChI is InChI=1S/2C25H25NO4.C7H8O2.C4H8O2.C4H10O.B.Na.H/c1-28-18-8-6-9-19(16-18)29-15-7-14-26-25(27)30-17-24-22-12-4-2-10-20(22)21-11-3-5-13-23(21)24;27-16-18-7-5-8-19(15-18)29-14-6-13-26-25(28)30-17-24-22-11-3-1-9-20(22)21-10-2-4-12-23(21)24;1-9-7-4-2-3-6(8)5-7;5-4-2-1-3-6-4;1-2-3-4-5;;;/h2-6,8-13,16,24H,7,14-15,17H2,1H3,(H,26,27);1-5,7-12,15,24,27H,6,13-14,16-17H2,(H,26,28);2-5,8H,1H3;4-5H,1-3H2;5H,2-4H2,1H3;;;/q;;;;;;+1;-1. The molecule has 3 aliphatic rings. The first-order valence-corrected chi connectivity index (χ1v) is 27.2. The number of rotatable bonds is 19. The van der Waals surface area contributed by atoms with Gasteiger partial charge < -0.3 is 65.6 Å². The van der Waals surface area contributed by atoms with Crippen LogP contribution in [0.4, 0.5) is 9.59 Å². The maximum absolute atomic E-state index is 12.1. The van der Waals surface area contributed by atoms with Crippen molar-refractivity contribution in [3.05, 3.63) is 198 Å². The Morgan fingerprint density at radius 2 is 1.00 bits per heavy atom. The van der Waals surface area contributed by atoms with Crippen LogP contribution < -0.4 is 59.1 Å². The summed E-state index contributed by atoms with van der Waals surface area (Å²) in [6, 6.07) is 54.6. The number of aromatic hydroxyl groups is 1. The topological polar surface area (TPSA) is 204 Å². The van der Waals surface area contributed by atoms with E-state index < -0.39 is 18.5 Å². The Kier molecular flexibility index (Phi) is 31.2. The molecule has 7 aromatic rings. The number of hydrogen-bond donors (Lipinski definition) is 6. The van der Waals surface area contributed by atoms with E-state index in [4.69, 9.17) is 53.6 Å². The Morgan fingerprint density at radius 3 is 1.37 bits per heavy atom. The van der Waals surface area contributed by atoms with Crippen LogP contribution in [-0.2, 0) is 20.8 Å². The van der Waals surface area contributed by atoms with Gasteiger partial charge in [0.1, 0.15) is 42.0 Å². The predicted octanol–water partition coefficient (Wildman–Crippen LogP) is 8.52. The summed E-state index contributed by atoms with van der Waals surface area (Å²) < 4.78 is 37.1. The zero-order valence-electron chi connectivity index (χ0n) is 48.5. The number of benzene rings is 7. The zero-order chi connectivity index (χ0) is 56.7. The van der Waals surface area contributed by atoms with Gasteiger partial charge in [-0.25, -0.2) is 9.59 Å². The molecule has 429 valence electrons. The number of alkyl carbamates (subject to hydrolysis) is 2. The van der Waals surface area contributed by atoms with Crippen molar-refractivity contribution in [1.29, 1.82) is 0 Å². The Labute approximate surface area is 508 Å². The van der Waals surface area contributed by atoms with E-state index in [1.54, 1.807) is 44.6 Å². The van der Waals surface area contributed by atoms with Crippen LogP contribution in [0.1, 0.15) is 86.5 Å². The first kappa shape index (κ1) is 67.5. The van der Waals surface area contributed by atoms with Crippen LogP contribution >= 0.6 is 0 Å². The van der Waals surface area contributed by atoms with Crippen molar-refractivity contribution in [3.8, 4) is 51.0 Å². The normalized spacial score (nSPS) is 12.9. The predicted molar refractivity (Wildman–Crippen MR) is 316 cm³/mol. The summed E-state index contributed by atoms with van der Waals surface area (Å²) in [5, 5.41) is 40.2. The molecular formula is C65H77BN2NaO13. The van der Waals surface area contributed by atoms with Crippen LogP contribution in [0, 0.1) is 0 Å². The maximum Gasteiger partial charge on any atom is 1.00 e. The number of phenols is 1. The van der Waals surface area contributed by atoms with Crippen LogP contribution in [-0.4, -0.2) is 114 Å². The summed E-state index contributed by atoms with van der Waals surface area (Å²) in [7, 11) is 3.19. The van der Waals surface area contributed by atoms with E-state index in [1.807, 2.05) is 91.0 Å². The number of aliphatic hydroxyl groups is 3. The van der Waals surface area contributed by atoms with Gasteiger partial charge in [-0.2, -0.15) is 0 Å². The molecule has 0 aromatic heterocycles. The molecule has 1 atom stereocenters. The molecule has 1 unspecified atom stereocenters. The number of amides is 2. The van der Waals surface area contributed by atoms with Crippen molar-refractivity contribution in [2.45, 2.75) is 70.2 Å². The molecule has 7 aromatic carbocycles. The minimum Gasteiger partial charge on any atom is -1.00 e. The van der Waals surface area contributed by atoms with Gasteiger partial charge in [0.25, 0.3) is 0 Å². The van der Waals surface area contributed by atoms with Gasteiger partial charge in [-0.15, -0.1) is 0 Å². The fourth-order valence-corrected chi connectivity index (χ4v) is 8.96. The molecule has 10 rings (SSSR count). The number of nitrogens with one attached hydrogen (secondary N) is 2. The van der Waals surface area contributed by atoms with Crippen LogP contribution in [0.2, 0.25) is 0 Å². The molecule has 0 bridgehead atoms. The number of hydrogen-bond acceptors (Lipinski definition) is 13. The third-order valence-electron chi connectivity index (χ3n) is 13.0. The third-order valence-corrected chi connectivity index (χ3v) is 13.0. The second-order valence-corrected chi connectivity index (χ2v) is 18.6. The Hall–Kier alpha value is -7.02. The number of fused-ring (bicyclic) bond motifs is 6. The van der Waals surface area contributed by atoms with Crippen molar-refractivity contribution in [2.24, 2.45) is 0 Å². The Morgan fingerprint density at radius 1 is 0.573 bits per heavy atom. The van der Waals surface area contributed by atoms with E-state index in [-0.39, 0.29) is 63.6 Å². The minimum absolute atomic E-state index is 0. The summed E-state index contributed by atoms with van der Waals surface area (Å²) in [5.41, 5.74) is 10.5. The molecule has 82 heavy (non-hydrogen) atoms. The van der Waals surface area contributed by atoms with Crippen LogP contribution in [0.5, 0.6) is 28.7 Å². The molecule has 2 aliphatic carbocycles. The first-order chi connectivity index (χ1) is 39.2. The monoisotopic (exact) mass is 1130 g/mol.